The van der Waals surface area contributed by atoms with Gasteiger partial charge in [0.05, 0.1) is 11.1 Å². The summed E-state index contributed by atoms with van der Waals surface area (Å²) >= 11 is 0. The molecule has 3 aromatic rings. The zero-order chi connectivity index (χ0) is 22.6. The number of rotatable bonds is 6. The van der Waals surface area contributed by atoms with Crippen LogP contribution in [-0.4, -0.2) is 62.5 Å². The molecule has 0 unspecified atom stereocenters. The minimum Gasteiger partial charge on any atom is -0.386 e. The molecule has 1 aliphatic heterocycles. The molecule has 1 heterocycles. The Morgan fingerprint density at radius 1 is 0.969 bits per heavy atom. The molecule has 1 aliphatic rings. The summed E-state index contributed by atoms with van der Waals surface area (Å²) in [4.78, 5) is 19.4. The van der Waals surface area contributed by atoms with Gasteiger partial charge in [0.2, 0.25) is 10.0 Å². The minimum absolute atomic E-state index is 0.181. The molecule has 32 heavy (non-hydrogen) atoms. The number of fused-ring (bicyclic) bond motifs is 1. The molecule has 1 saturated heterocycles. The number of amides is 1. The highest BCUT2D eigenvalue weighted by Crippen LogP contribution is 2.22. The predicted octanol–water partition coefficient (Wildman–Crippen LogP) is 3.03. The van der Waals surface area contributed by atoms with Crippen LogP contribution in [0.5, 0.6) is 0 Å². The molecule has 1 fully saturated rings. The fourth-order valence-corrected chi connectivity index (χ4v) is 5.12. The molecule has 7 nitrogen and oxygen atoms in total. The average Bonchev–Trinajstić information content (AvgIpc) is 2.82. The maximum absolute atomic E-state index is 13.1. The Morgan fingerprint density at radius 2 is 1.66 bits per heavy atom. The van der Waals surface area contributed by atoms with Gasteiger partial charge in [0, 0.05) is 26.2 Å². The van der Waals surface area contributed by atoms with E-state index in [2.05, 4.69) is 5.16 Å². The first-order valence-electron chi connectivity index (χ1n) is 10.4. The third-order valence-corrected chi connectivity index (χ3v) is 7.49. The van der Waals surface area contributed by atoms with E-state index in [0.29, 0.717) is 13.1 Å². The number of piperazine rings is 1. The van der Waals surface area contributed by atoms with Gasteiger partial charge in [0.25, 0.3) is 5.91 Å². The molecule has 8 heteroatoms. The van der Waals surface area contributed by atoms with Gasteiger partial charge in [-0.2, -0.15) is 4.31 Å². The molecule has 3 aromatic carbocycles. The quantitative estimate of drug-likeness (QED) is 0.426. The summed E-state index contributed by atoms with van der Waals surface area (Å²) in [7, 11) is -3.62. The van der Waals surface area contributed by atoms with Crippen LogP contribution in [-0.2, 0) is 19.7 Å². The van der Waals surface area contributed by atoms with Crippen LogP contribution in [0.1, 0.15) is 11.1 Å². The van der Waals surface area contributed by atoms with Crippen molar-refractivity contribution >= 4 is 32.9 Å². The van der Waals surface area contributed by atoms with E-state index >= 15 is 0 Å². The van der Waals surface area contributed by atoms with Crippen LogP contribution in [0.2, 0.25) is 0 Å². The largest absolute Gasteiger partial charge is 0.386 e. The first kappa shape index (κ1) is 22.0. The van der Waals surface area contributed by atoms with Crippen molar-refractivity contribution in [2.45, 2.75) is 11.8 Å². The SMILES string of the molecule is Cc1ccccc1/C=N/OCC(=O)N1CCN(S(=O)(=O)c2ccc3ccccc3c2)CC1. The summed E-state index contributed by atoms with van der Waals surface area (Å²) in [6, 6.07) is 20.5. The summed E-state index contributed by atoms with van der Waals surface area (Å²) in [6.07, 6.45) is 1.58. The molecule has 4 rings (SSSR count). The fourth-order valence-electron chi connectivity index (χ4n) is 3.66. The van der Waals surface area contributed by atoms with Gasteiger partial charge in [-0.05, 0) is 41.0 Å². The Bertz CT molecular complexity index is 1250. The lowest BCUT2D eigenvalue weighted by molar-refractivity contribution is -0.137. The number of sulfonamides is 1. The van der Waals surface area contributed by atoms with Gasteiger partial charge in [0.15, 0.2) is 6.61 Å². The smallest absolute Gasteiger partial charge is 0.263 e. The summed E-state index contributed by atoms with van der Waals surface area (Å²) < 4.78 is 27.5. The maximum atomic E-state index is 13.1. The van der Waals surface area contributed by atoms with E-state index in [0.717, 1.165) is 21.9 Å². The summed E-state index contributed by atoms with van der Waals surface area (Å²) in [5.74, 6) is -0.213. The van der Waals surface area contributed by atoms with Crippen molar-refractivity contribution in [2.24, 2.45) is 5.16 Å². The van der Waals surface area contributed by atoms with Crippen LogP contribution in [0, 0.1) is 6.92 Å². The summed E-state index contributed by atoms with van der Waals surface area (Å²) in [5, 5.41) is 5.75. The maximum Gasteiger partial charge on any atom is 0.263 e. The van der Waals surface area contributed by atoms with E-state index in [4.69, 9.17) is 4.84 Å². The van der Waals surface area contributed by atoms with Crippen LogP contribution in [0.3, 0.4) is 0 Å². The standard InChI is InChI=1S/C24H25N3O4S/c1-19-6-2-3-9-22(19)17-25-31-18-24(28)26-12-14-27(15-13-26)32(29,30)23-11-10-20-7-4-5-8-21(20)16-23/h2-11,16-17H,12-15,18H2,1H3/b25-17+. The highest BCUT2D eigenvalue weighted by atomic mass is 32.2. The average molecular weight is 452 g/mol. The normalized spacial score (nSPS) is 15.3. The third kappa shape index (κ3) is 4.81. The molecule has 0 aromatic heterocycles. The van der Waals surface area contributed by atoms with Crippen LogP contribution < -0.4 is 0 Å². The lowest BCUT2D eigenvalue weighted by Crippen LogP contribution is -2.51. The van der Waals surface area contributed by atoms with E-state index in [1.54, 1.807) is 23.2 Å². The van der Waals surface area contributed by atoms with Gasteiger partial charge in [0.1, 0.15) is 0 Å². The number of hydrogen-bond donors (Lipinski definition) is 0. The highest BCUT2D eigenvalue weighted by molar-refractivity contribution is 7.89. The van der Waals surface area contributed by atoms with Crippen molar-refractivity contribution in [1.29, 1.82) is 0 Å². The molecule has 166 valence electrons. The molecule has 0 spiro atoms. The second-order valence-electron chi connectivity index (χ2n) is 7.66. The molecular weight excluding hydrogens is 426 g/mol. The Labute approximate surface area is 187 Å². The zero-order valence-corrected chi connectivity index (χ0v) is 18.7. The van der Waals surface area contributed by atoms with Crippen LogP contribution in [0.25, 0.3) is 10.8 Å². The molecule has 0 radical (unpaired) electrons. The molecular formula is C24H25N3O4S. The van der Waals surface area contributed by atoms with Gasteiger partial charge in [-0.1, -0.05) is 59.8 Å². The lowest BCUT2D eigenvalue weighted by atomic mass is 10.1. The van der Waals surface area contributed by atoms with E-state index < -0.39 is 10.0 Å². The van der Waals surface area contributed by atoms with Gasteiger partial charge < -0.3 is 9.74 Å². The number of carbonyl (C=O) groups is 1. The first-order valence-corrected chi connectivity index (χ1v) is 11.9. The van der Waals surface area contributed by atoms with Crippen molar-refractivity contribution in [3.8, 4) is 0 Å². The highest BCUT2D eigenvalue weighted by Gasteiger charge is 2.30. The van der Waals surface area contributed by atoms with Crippen molar-refractivity contribution in [1.82, 2.24) is 9.21 Å². The van der Waals surface area contributed by atoms with E-state index in [9.17, 15) is 13.2 Å². The monoisotopic (exact) mass is 451 g/mol. The predicted molar refractivity (Wildman–Crippen MR) is 124 cm³/mol. The third-order valence-electron chi connectivity index (χ3n) is 5.59. The number of nitrogens with zero attached hydrogens (tertiary/aromatic N) is 3. The zero-order valence-electron chi connectivity index (χ0n) is 17.8. The van der Waals surface area contributed by atoms with Gasteiger partial charge in [-0.15, -0.1) is 0 Å². The fraction of sp³-hybridized carbons (Fsp3) is 0.250. The topological polar surface area (TPSA) is 79.3 Å². The minimum atomic E-state index is -3.62. The molecule has 0 N–H and O–H groups in total. The number of oxime groups is 1. The number of benzene rings is 3. The molecule has 0 atom stereocenters. The Hall–Kier alpha value is -3.23. The number of hydrogen-bond acceptors (Lipinski definition) is 5. The van der Waals surface area contributed by atoms with E-state index in [1.807, 2.05) is 61.5 Å². The Kier molecular flexibility index (Phi) is 6.53. The van der Waals surface area contributed by atoms with Crippen molar-refractivity contribution < 1.29 is 18.0 Å². The van der Waals surface area contributed by atoms with E-state index in [-0.39, 0.29) is 30.5 Å². The van der Waals surface area contributed by atoms with Gasteiger partial charge in [-0.25, -0.2) is 8.42 Å². The van der Waals surface area contributed by atoms with Crippen molar-refractivity contribution in [2.75, 3.05) is 32.8 Å². The molecule has 0 aliphatic carbocycles. The number of aryl methyl sites for hydroxylation is 1. The van der Waals surface area contributed by atoms with Crippen LogP contribution in [0.4, 0.5) is 0 Å². The van der Waals surface area contributed by atoms with Crippen molar-refractivity contribution in [3.05, 3.63) is 77.9 Å². The molecule has 0 bridgehead atoms. The second-order valence-corrected chi connectivity index (χ2v) is 9.60. The van der Waals surface area contributed by atoms with Gasteiger partial charge >= 0.3 is 0 Å². The van der Waals surface area contributed by atoms with Crippen molar-refractivity contribution in [3.63, 3.8) is 0 Å². The summed E-state index contributed by atoms with van der Waals surface area (Å²) in [5.41, 5.74) is 1.99. The molecule has 1 amide bonds. The molecule has 0 saturated carbocycles. The second kappa shape index (κ2) is 9.50. The summed E-state index contributed by atoms with van der Waals surface area (Å²) in [6.45, 7) is 2.91. The first-order chi connectivity index (χ1) is 15.4. The number of carbonyl (C=O) groups excluding carboxylic acids is 1. The van der Waals surface area contributed by atoms with Crippen LogP contribution in [0.15, 0.2) is 76.8 Å². The Balaban J connectivity index is 1.31. The Morgan fingerprint density at radius 3 is 2.41 bits per heavy atom. The van der Waals surface area contributed by atoms with Gasteiger partial charge in [-0.3, -0.25) is 4.79 Å². The van der Waals surface area contributed by atoms with E-state index in [1.165, 1.54) is 4.31 Å². The lowest BCUT2D eigenvalue weighted by Gasteiger charge is -2.33. The van der Waals surface area contributed by atoms with Crippen LogP contribution >= 0.6 is 0 Å².